The Bertz CT molecular complexity index is 849. The highest BCUT2D eigenvalue weighted by Gasteiger charge is 2.27. The van der Waals surface area contributed by atoms with Gasteiger partial charge < -0.3 is 15.0 Å². The van der Waals surface area contributed by atoms with Crippen molar-refractivity contribution in [2.45, 2.75) is 12.5 Å². The molecule has 3 aromatic rings. The summed E-state index contributed by atoms with van der Waals surface area (Å²) in [6.07, 6.45) is 5.90. The smallest absolute Gasteiger partial charge is 0.321 e. The van der Waals surface area contributed by atoms with Crippen LogP contribution in [0.25, 0.3) is 11.3 Å². The summed E-state index contributed by atoms with van der Waals surface area (Å²) in [5.41, 5.74) is 2.72. The van der Waals surface area contributed by atoms with Gasteiger partial charge in [-0.2, -0.15) is 5.10 Å². The maximum atomic E-state index is 12.5. The molecule has 0 radical (unpaired) electrons. The van der Waals surface area contributed by atoms with Gasteiger partial charge in [0.05, 0.1) is 18.4 Å². The van der Waals surface area contributed by atoms with Gasteiger partial charge in [0.25, 0.3) is 0 Å². The second kappa shape index (κ2) is 7.26. The third-order valence-corrected chi connectivity index (χ3v) is 4.32. The molecule has 0 aliphatic carbocycles. The van der Waals surface area contributed by atoms with Crippen LogP contribution in [-0.4, -0.2) is 45.3 Å². The van der Waals surface area contributed by atoms with E-state index in [1.165, 1.54) is 0 Å². The van der Waals surface area contributed by atoms with E-state index in [0.29, 0.717) is 13.1 Å². The van der Waals surface area contributed by atoms with Crippen LogP contribution in [0, 0.1) is 0 Å². The van der Waals surface area contributed by atoms with Crippen LogP contribution in [-0.2, 0) is 0 Å². The Kier molecular flexibility index (Phi) is 4.51. The van der Waals surface area contributed by atoms with E-state index >= 15 is 0 Å². The molecule has 1 aliphatic heterocycles. The SMILES string of the molecule is O=C(Nc1ccc(-c2ccn[nH]2)cc1)N1CC[C@@H](Oc2cccnc2)C1. The van der Waals surface area contributed by atoms with Gasteiger partial charge in [-0.1, -0.05) is 12.1 Å². The van der Waals surface area contributed by atoms with Gasteiger partial charge in [-0.15, -0.1) is 0 Å². The third kappa shape index (κ3) is 3.66. The predicted octanol–water partition coefficient (Wildman–Crippen LogP) is 3.16. The zero-order valence-electron chi connectivity index (χ0n) is 14.1. The standard InChI is InChI=1S/C19H19N5O2/c25-19(22-15-5-3-14(4-6-15)18-7-10-21-23-18)24-11-8-17(13-24)26-16-2-1-9-20-12-16/h1-7,9-10,12,17H,8,11,13H2,(H,21,23)(H,22,25)/t17-/m1/s1. The van der Waals surface area contributed by atoms with Crippen LogP contribution in [0.15, 0.2) is 61.1 Å². The van der Waals surface area contributed by atoms with E-state index in [2.05, 4.69) is 20.5 Å². The van der Waals surface area contributed by atoms with Crippen LogP contribution in [0.4, 0.5) is 10.5 Å². The molecule has 0 unspecified atom stereocenters. The highest BCUT2D eigenvalue weighted by molar-refractivity contribution is 5.89. The molecule has 132 valence electrons. The molecule has 2 N–H and O–H groups in total. The number of rotatable bonds is 4. The Morgan fingerprint density at radius 3 is 2.81 bits per heavy atom. The van der Waals surface area contributed by atoms with E-state index in [4.69, 9.17) is 4.74 Å². The Hall–Kier alpha value is -3.35. The fourth-order valence-corrected chi connectivity index (χ4v) is 2.97. The number of carbonyl (C=O) groups is 1. The molecule has 1 aromatic carbocycles. The van der Waals surface area contributed by atoms with Crippen molar-refractivity contribution in [3.8, 4) is 17.0 Å². The molecule has 1 aliphatic rings. The van der Waals surface area contributed by atoms with Gasteiger partial charge in [0, 0.05) is 31.0 Å². The molecule has 26 heavy (non-hydrogen) atoms. The van der Waals surface area contributed by atoms with Crippen molar-refractivity contribution in [2.75, 3.05) is 18.4 Å². The largest absolute Gasteiger partial charge is 0.487 e. The van der Waals surface area contributed by atoms with E-state index in [0.717, 1.165) is 29.1 Å². The quantitative estimate of drug-likeness (QED) is 0.758. The highest BCUT2D eigenvalue weighted by atomic mass is 16.5. The van der Waals surface area contributed by atoms with Crippen molar-refractivity contribution in [1.82, 2.24) is 20.1 Å². The average molecular weight is 349 g/mol. The number of likely N-dealkylation sites (tertiary alicyclic amines) is 1. The van der Waals surface area contributed by atoms with E-state index in [-0.39, 0.29) is 12.1 Å². The molecule has 1 saturated heterocycles. The lowest BCUT2D eigenvalue weighted by Gasteiger charge is -2.18. The molecule has 7 heteroatoms. The fraction of sp³-hybridized carbons (Fsp3) is 0.211. The first-order valence-electron chi connectivity index (χ1n) is 8.50. The molecule has 0 saturated carbocycles. The number of nitrogens with zero attached hydrogens (tertiary/aromatic N) is 3. The molecule has 3 heterocycles. The van der Waals surface area contributed by atoms with Crippen LogP contribution >= 0.6 is 0 Å². The molecule has 2 amide bonds. The summed E-state index contributed by atoms with van der Waals surface area (Å²) in [4.78, 5) is 18.3. The fourth-order valence-electron chi connectivity index (χ4n) is 2.97. The Balaban J connectivity index is 1.32. The van der Waals surface area contributed by atoms with Gasteiger partial charge in [0.1, 0.15) is 11.9 Å². The van der Waals surface area contributed by atoms with Gasteiger partial charge in [0.15, 0.2) is 0 Å². The first-order valence-corrected chi connectivity index (χ1v) is 8.50. The summed E-state index contributed by atoms with van der Waals surface area (Å²) in [6.45, 7) is 1.23. The number of aromatic nitrogens is 3. The summed E-state index contributed by atoms with van der Waals surface area (Å²) >= 11 is 0. The zero-order chi connectivity index (χ0) is 17.8. The number of carbonyl (C=O) groups excluding carboxylic acids is 1. The van der Waals surface area contributed by atoms with Gasteiger partial charge >= 0.3 is 6.03 Å². The number of hydrogen-bond acceptors (Lipinski definition) is 4. The maximum Gasteiger partial charge on any atom is 0.321 e. The number of nitrogens with one attached hydrogen (secondary N) is 2. The first kappa shape index (κ1) is 16.1. The number of hydrogen-bond donors (Lipinski definition) is 2. The Morgan fingerprint density at radius 1 is 1.19 bits per heavy atom. The lowest BCUT2D eigenvalue weighted by Crippen LogP contribution is -2.34. The molecular weight excluding hydrogens is 330 g/mol. The Morgan fingerprint density at radius 2 is 2.08 bits per heavy atom. The van der Waals surface area contributed by atoms with Crippen LogP contribution in [0.1, 0.15) is 6.42 Å². The van der Waals surface area contributed by atoms with Crippen molar-refractivity contribution in [3.05, 3.63) is 61.1 Å². The summed E-state index contributed by atoms with van der Waals surface area (Å²) in [5, 5.41) is 9.79. The molecule has 1 fully saturated rings. The molecule has 1 atom stereocenters. The average Bonchev–Trinajstić information content (AvgIpc) is 3.35. The van der Waals surface area contributed by atoms with E-state index in [1.807, 2.05) is 42.5 Å². The minimum absolute atomic E-state index is 0.00676. The van der Waals surface area contributed by atoms with Gasteiger partial charge in [-0.3, -0.25) is 10.1 Å². The Labute approximate surface area is 151 Å². The zero-order valence-corrected chi connectivity index (χ0v) is 14.1. The molecule has 0 spiro atoms. The monoisotopic (exact) mass is 349 g/mol. The number of anilines is 1. The number of ether oxygens (including phenoxy) is 1. The van der Waals surface area contributed by atoms with Crippen molar-refractivity contribution < 1.29 is 9.53 Å². The predicted molar refractivity (Wildman–Crippen MR) is 97.9 cm³/mol. The van der Waals surface area contributed by atoms with Crippen LogP contribution in [0.5, 0.6) is 5.75 Å². The van der Waals surface area contributed by atoms with Crippen LogP contribution < -0.4 is 10.1 Å². The third-order valence-electron chi connectivity index (χ3n) is 4.32. The van der Waals surface area contributed by atoms with E-state index in [1.54, 1.807) is 23.5 Å². The number of pyridine rings is 1. The van der Waals surface area contributed by atoms with Gasteiger partial charge in [0.2, 0.25) is 0 Å². The minimum atomic E-state index is -0.114. The normalized spacial score (nSPS) is 16.5. The van der Waals surface area contributed by atoms with Crippen molar-refractivity contribution in [2.24, 2.45) is 0 Å². The van der Waals surface area contributed by atoms with Crippen molar-refractivity contribution >= 4 is 11.7 Å². The molecule has 7 nitrogen and oxygen atoms in total. The lowest BCUT2D eigenvalue weighted by molar-refractivity contribution is 0.194. The van der Waals surface area contributed by atoms with Crippen LogP contribution in [0.2, 0.25) is 0 Å². The topological polar surface area (TPSA) is 83.1 Å². The van der Waals surface area contributed by atoms with Crippen molar-refractivity contribution in [3.63, 3.8) is 0 Å². The molecule has 0 bridgehead atoms. The second-order valence-corrected chi connectivity index (χ2v) is 6.14. The second-order valence-electron chi connectivity index (χ2n) is 6.14. The number of benzene rings is 1. The molecule has 2 aromatic heterocycles. The lowest BCUT2D eigenvalue weighted by atomic mass is 10.1. The summed E-state index contributed by atoms with van der Waals surface area (Å²) in [5.74, 6) is 0.731. The van der Waals surface area contributed by atoms with E-state index < -0.39 is 0 Å². The van der Waals surface area contributed by atoms with E-state index in [9.17, 15) is 4.79 Å². The number of urea groups is 1. The number of H-pyrrole nitrogens is 1. The van der Waals surface area contributed by atoms with Gasteiger partial charge in [-0.05, 0) is 35.9 Å². The molecular formula is C19H19N5O2. The summed E-state index contributed by atoms with van der Waals surface area (Å²) in [7, 11) is 0. The summed E-state index contributed by atoms with van der Waals surface area (Å²) < 4.78 is 5.87. The van der Waals surface area contributed by atoms with Crippen molar-refractivity contribution in [1.29, 1.82) is 0 Å². The summed E-state index contributed by atoms with van der Waals surface area (Å²) in [6, 6.07) is 13.2. The highest BCUT2D eigenvalue weighted by Crippen LogP contribution is 2.21. The van der Waals surface area contributed by atoms with Gasteiger partial charge in [-0.25, -0.2) is 4.79 Å². The minimum Gasteiger partial charge on any atom is -0.487 e. The van der Waals surface area contributed by atoms with Crippen LogP contribution in [0.3, 0.4) is 0 Å². The maximum absolute atomic E-state index is 12.5. The molecule has 4 rings (SSSR count). The first-order chi connectivity index (χ1) is 12.8. The number of aromatic amines is 1. The number of amides is 2.